The lowest BCUT2D eigenvalue weighted by Crippen LogP contribution is -2.16. The van der Waals surface area contributed by atoms with Gasteiger partial charge in [-0.3, -0.25) is 15.1 Å². The van der Waals surface area contributed by atoms with E-state index in [9.17, 15) is 4.79 Å². The Morgan fingerprint density at radius 1 is 1.40 bits per heavy atom. The molecule has 1 heterocycles. The normalized spacial score (nSPS) is 20.6. The molecule has 3 nitrogen and oxygen atoms in total. The first-order valence-corrected chi connectivity index (χ1v) is 5.86. The van der Waals surface area contributed by atoms with Crippen molar-refractivity contribution in [3.8, 4) is 0 Å². The van der Waals surface area contributed by atoms with E-state index in [1.54, 1.807) is 0 Å². The Morgan fingerprint density at radius 2 is 2.13 bits per heavy atom. The van der Waals surface area contributed by atoms with Crippen molar-refractivity contribution < 1.29 is 9.63 Å². The van der Waals surface area contributed by atoms with E-state index in [0.29, 0.717) is 12.1 Å². The van der Waals surface area contributed by atoms with Crippen molar-refractivity contribution in [3.63, 3.8) is 0 Å². The number of hydrogen-bond acceptors (Lipinski definition) is 3. The highest BCUT2D eigenvalue weighted by Gasteiger charge is 2.25. The van der Waals surface area contributed by atoms with Gasteiger partial charge >= 0.3 is 0 Å². The number of carbonyl (C=O) groups is 1. The van der Waals surface area contributed by atoms with Crippen LogP contribution in [0.2, 0.25) is 0 Å². The van der Waals surface area contributed by atoms with Crippen LogP contribution >= 0.6 is 0 Å². The van der Waals surface area contributed by atoms with E-state index in [1.165, 1.54) is 0 Å². The zero-order chi connectivity index (χ0) is 11.3. The number of hydrogen-bond donors (Lipinski definition) is 1. The predicted molar refractivity (Wildman–Crippen MR) is 60.1 cm³/mol. The third kappa shape index (κ3) is 3.06. The van der Waals surface area contributed by atoms with Crippen LogP contribution in [0.25, 0.3) is 0 Å². The average molecular weight is 211 g/mol. The summed E-state index contributed by atoms with van der Waals surface area (Å²) < 4.78 is 0. The summed E-state index contributed by atoms with van der Waals surface area (Å²) in [6, 6.07) is 0. The standard InChI is InChI=1S/C12H21NO2/c1-4-6-7-8-10(14)12-9(3)11(5-2)15-13-12/h11,13H,4-8H2,1-3H3. The van der Waals surface area contributed by atoms with E-state index < -0.39 is 0 Å². The monoisotopic (exact) mass is 211 g/mol. The molecule has 0 aromatic rings. The summed E-state index contributed by atoms with van der Waals surface area (Å²) in [7, 11) is 0. The van der Waals surface area contributed by atoms with Crippen LogP contribution in [-0.4, -0.2) is 11.9 Å². The van der Waals surface area contributed by atoms with Crippen molar-refractivity contribution in [2.24, 2.45) is 0 Å². The van der Waals surface area contributed by atoms with E-state index >= 15 is 0 Å². The predicted octanol–water partition coefficient (Wildman–Crippen LogP) is 2.72. The van der Waals surface area contributed by atoms with Crippen LogP contribution in [0.5, 0.6) is 0 Å². The van der Waals surface area contributed by atoms with Crippen molar-refractivity contribution >= 4 is 5.78 Å². The fourth-order valence-electron chi connectivity index (χ4n) is 1.79. The fourth-order valence-corrected chi connectivity index (χ4v) is 1.79. The first-order valence-electron chi connectivity index (χ1n) is 5.86. The molecule has 0 saturated carbocycles. The molecule has 1 aliphatic rings. The second-order valence-electron chi connectivity index (χ2n) is 4.06. The van der Waals surface area contributed by atoms with Crippen LogP contribution in [-0.2, 0) is 9.63 Å². The number of ketones is 1. The molecular weight excluding hydrogens is 190 g/mol. The molecule has 1 N–H and O–H groups in total. The molecule has 1 unspecified atom stereocenters. The maximum atomic E-state index is 11.8. The third-order valence-electron chi connectivity index (χ3n) is 2.84. The third-order valence-corrected chi connectivity index (χ3v) is 2.84. The SMILES string of the molecule is CCCCCC(=O)C1=C(C)C(CC)ON1. The van der Waals surface area contributed by atoms with Crippen molar-refractivity contribution in [2.45, 2.75) is 59.0 Å². The molecule has 3 heteroatoms. The summed E-state index contributed by atoms with van der Waals surface area (Å²) in [6.45, 7) is 6.17. The van der Waals surface area contributed by atoms with Crippen LogP contribution in [0.1, 0.15) is 52.9 Å². The smallest absolute Gasteiger partial charge is 0.180 e. The molecule has 0 aromatic heterocycles. The number of Topliss-reactive ketones (excluding diaryl/α,β-unsaturated/α-hetero) is 1. The van der Waals surface area contributed by atoms with Crippen LogP contribution in [0.4, 0.5) is 0 Å². The maximum absolute atomic E-state index is 11.8. The highest BCUT2D eigenvalue weighted by molar-refractivity contribution is 5.95. The zero-order valence-corrected chi connectivity index (χ0v) is 9.93. The van der Waals surface area contributed by atoms with E-state index in [2.05, 4.69) is 19.3 Å². The van der Waals surface area contributed by atoms with Gasteiger partial charge in [0.1, 0.15) is 11.8 Å². The summed E-state index contributed by atoms with van der Waals surface area (Å²) >= 11 is 0. The van der Waals surface area contributed by atoms with Crippen molar-refractivity contribution in [1.29, 1.82) is 0 Å². The molecule has 0 radical (unpaired) electrons. The van der Waals surface area contributed by atoms with Gasteiger partial charge in [-0.1, -0.05) is 26.7 Å². The lowest BCUT2D eigenvalue weighted by Gasteiger charge is -2.04. The van der Waals surface area contributed by atoms with Gasteiger partial charge in [0.15, 0.2) is 5.78 Å². The van der Waals surface area contributed by atoms with E-state index in [4.69, 9.17) is 4.84 Å². The summed E-state index contributed by atoms with van der Waals surface area (Å²) in [5.74, 6) is 0.192. The Balaban J connectivity index is 2.49. The Labute approximate surface area is 91.8 Å². The van der Waals surface area contributed by atoms with Crippen LogP contribution in [0.3, 0.4) is 0 Å². The molecule has 0 saturated heterocycles. The van der Waals surface area contributed by atoms with Crippen LogP contribution in [0, 0.1) is 0 Å². The summed E-state index contributed by atoms with van der Waals surface area (Å²) in [5, 5.41) is 0. The second kappa shape index (κ2) is 5.91. The van der Waals surface area contributed by atoms with Crippen molar-refractivity contribution in [3.05, 3.63) is 11.3 Å². The van der Waals surface area contributed by atoms with E-state index in [-0.39, 0.29) is 11.9 Å². The quantitative estimate of drug-likeness (QED) is 0.686. The van der Waals surface area contributed by atoms with Gasteiger partial charge in [0.05, 0.1) is 0 Å². The van der Waals surface area contributed by atoms with Crippen LogP contribution in [0.15, 0.2) is 11.3 Å². The van der Waals surface area contributed by atoms with Gasteiger partial charge in [-0.25, -0.2) is 0 Å². The molecule has 1 aliphatic heterocycles. The minimum Gasteiger partial charge on any atom is -0.292 e. The Hall–Kier alpha value is -0.830. The topological polar surface area (TPSA) is 38.3 Å². The molecule has 15 heavy (non-hydrogen) atoms. The summed E-state index contributed by atoms with van der Waals surface area (Å²) in [6.07, 6.45) is 4.86. The minimum absolute atomic E-state index is 0.0788. The number of nitrogens with one attached hydrogen (secondary N) is 1. The van der Waals surface area contributed by atoms with Gasteiger partial charge in [-0.05, 0) is 25.3 Å². The van der Waals surface area contributed by atoms with E-state index in [0.717, 1.165) is 31.3 Å². The van der Waals surface area contributed by atoms with Gasteiger partial charge in [-0.15, -0.1) is 0 Å². The molecule has 0 spiro atoms. The number of allylic oxidation sites excluding steroid dienone is 1. The Bertz CT molecular complexity index is 258. The first-order chi connectivity index (χ1) is 7.20. The maximum Gasteiger partial charge on any atom is 0.180 e. The van der Waals surface area contributed by atoms with E-state index in [1.807, 2.05) is 6.92 Å². The average Bonchev–Trinajstić information content (AvgIpc) is 2.60. The molecule has 1 rings (SSSR count). The van der Waals surface area contributed by atoms with Gasteiger partial charge in [-0.2, -0.15) is 0 Å². The lowest BCUT2D eigenvalue weighted by atomic mass is 10.0. The molecule has 86 valence electrons. The summed E-state index contributed by atoms with van der Waals surface area (Å²) in [5.41, 5.74) is 4.51. The molecule has 1 atom stereocenters. The largest absolute Gasteiger partial charge is 0.292 e. The van der Waals surface area contributed by atoms with Crippen molar-refractivity contribution in [1.82, 2.24) is 5.48 Å². The fraction of sp³-hybridized carbons (Fsp3) is 0.750. The highest BCUT2D eigenvalue weighted by atomic mass is 16.7. The molecule has 0 amide bonds. The molecule has 0 bridgehead atoms. The highest BCUT2D eigenvalue weighted by Crippen LogP contribution is 2.21. The minimum atomic E-state index is 0.0788. The number of unbranched alkanes of at least 4 members (excludes halogenated alkanes) is 2. The first kappa shape index (κ1) is 12.2. The zero-order valence-electron chi connectivity index (χ0n) is 9.93. The van der Waals surface area contributed by atoms with Gasteiger partial charge < -0.3 is 0 Å². The number of carbonyl (C=O) groups excluding carboxylic acids is 1. The molecular formula is C12H21NO2. The Morgan fingerprint density at radius 3 is 2.67 bits per heavy atom. The number of rotatable bonds is 6. The van der Waals surface area contributed by atoms with Gasteiger partial charge in [0.2, 0.25) is 0 Å². The van der Waals surface area contributed by atoms with Gasteiger partial charge in [0.25, 0.3) is 0 Å². The molecule has 0 fully saturated rings. The van der Waals surface area contributed by atoms with Crippen molar-refractivity contribution in [2.75, 3.05) is 0 Å². The summed E-state index contributed by atoms with van der Waals surface area (Å²) in [4.78, 5) is 17.1. The van der Waals surface area contributed by atoms with Gasteiger partial charge in [0, 0.05) is 6.42 Å². The second-order valence-corrected chi connectivity index (χ2v) is 4.06. The Kier molecular flexibility index (Phi) is 4.82. The van der Waals surface area contributed by atoms with Crippen LogP contribution < -0.4 is 5.48 Å². The molecule has 0 aromatic carbocycles. The number of hydroxylamine groups is 1. The molecule has 0 aliphatic carbocycles. The lowest BCUT2D eigenvalue weighted by molar-refractivity contribution is -0.117.